The van der Waals surface area contributed by atoms with Gasteiger partial charge in [0.15, 0.2) is 0 Å². The molecule has 1 saturated heterocycles. The Labute approximate surface area is 192 Å². The Balaban J connectivity index is 1.25. The van der Waals surface area contributed by atoms with E-state index in [9.17, 15) is 9.18 Å². The lowest BCUT2D eigenvalue weighted by Gasteiger charge is -2.36. The summed E-state index contributed by atoms with van der Waals surface area (Å²) in [6.07, 6.45) is 0.339. The largest absolute Gasteiger partial charge is 0.368 e. The number of thiazole rings is 1. The maximum atomic E-state index is 13.1. The summed E-state index contributed by atoms with van der Waals surface area (Å²) in [6.45, 7) is 2.85. The van der Waals surface area contributed by atoms with Gasteiger partial charge in [0.05, 0.1) is 12.1 Å². The van der Waals surface area contributed by atoms with Crippen molar-refractivity contribution in [1.29, 1.82) is 0 Å². The van der Waals surface area contributed by atoms with Crippen LogP contribution in [0, 0.1) is 5.82 Å². The lowest BCUT2D eigenvalue weighted by molar-refractivity contribution is -0.130. The molecule has 0 saturated carbocycles. The molecular weight excluding hydrogens is 485 g/mol. The fourth-order valence-electron chi connectivity index (χ4n) is 3.29. The average molecular weight is 506 g/mol. The number of piperazine rings is 1. The summed E-state index contributed by atoms with van der Waals surface area (Å²) in [5.41, 5.74) is 3.08. The Bertz CT molecular complexity index is 986. The highest BCUT2D eigenvalue weighted by atomic mass is 79.9. The second-order valence-corrected chi connectivity index (χ2v) is 10.0. The number of carbonyl (C=O) groups is 1. The number of benzene rings is 2. The highest BCUT2D eigenvalue weighted by Gasteiger charge is 2.22. The first-order valence-electron chi connectivity index (χ1n) is 9.67. The molecule has 0 bridgehead atoms. The predicted octanol–water partition coefficient (Wildman–Crippen LogP) is 5.23. The summed E-state index contributed by atoms with van der Waals surface area (Å²) in [5, 5.41) is 1.98. The third-order valence-electron chi connectivity index (χ3n) is 4.96. The number of amides is 1. The molecule has 8 heteroatoms. The number of thioether (sulfide) groups is 1. The summed E-state index contributed by atoms with van der Waals surface area (Å²) in [6, 6.07) is 14.8. The zero-order valence-corrected chi connectivity index (χ0v) is 19.5. The molecule has 0 aliphatic carbocycles. The van der Waals surface area contributed by atoms with Crippen LogP contribution in [-0.2, 0) is 17.0 Å². The van der Waals surface area contributed by atoms with Gasteiger partial charge >= 0.3 is 0 Å². The number of anilines is 1. The van der Waals surface area contributed by atoms with E-state index in [1.807, 2.05) is 22.4 Å². The zero-order chi connectivity index (χ0) is 20.9. The van der Waals surface area contributed by atoms with E-state index in [4.69, 9.17) is 0 Å². The molecule has 156 valence electrons. The van der Waals surface area contributed by atoms with Crippen molar-refractivity contribution in [3.8, 4) is 0 Å². The fourth-order valence-corrected chi connectivity index (χ4v) is 5.36. The van der Waals surface area contributed by atoms with E-state index >= 15 is 0 Å². The van der Waals surface area contributed by atoms with Crippen LogP contribution in [0.15, 0.2) is 62.7 Å². The van der Waals surface area contributed by atoms with Gasteiger partial charge in [0.25, 0.3) is 0 Å². The summed E-state index contributed by atoms with van der Waals surface area (Å²) in [4.78, 5) is 21.4. The van der Waals surface area contributed by atoms with Gasteiger partial charge in [-0.15, -0.1) is 11.3 Å². The first kappa shape index (κ1) is 21.3. The SMILES string of the molecule is O=C(Cc1csc(SCc2ccc(Br)cc2)n1)N1CCN(c2ccc(F)cc2)CC1. The van der Waals surface area contributed by atoms with E-state index in [1.54, 1.807) is 35.2 Å². The van der Waals surface area contributed by atoms with Crippen molar-refractivity contribution in [2.45, 2.75) is 16.5 Å². The molecule has 4 nitrogen and oxygen atoms in total. The maximum absolute atomic E-state index is 13.1. The molecule has 30 heavy (non-hydrogen) atoms. The molecule has 1 aliphatic heterocycles. The van der Waals surface area contributed by atoms with Gasteiger partial charge in [-0.05, 0) is 42.0 Å². The van der Waals surface area contributed by atoms with Crippen LogP contribution in [0.5, 0.6) is 0 Å². The molecular formula is C22H21BrFN3OS2. The van der Waals surface area contributed by atoms with Crippen LogP contribution in [0.4, 0.5) is 10.1 Å². The third kappa shape index (κ3) is 5.62. The van der Waals surface area contributed by atoms with Gasteiger partial charge in [0.2, 0.25) is 5.91 Å². The van der Waals surface area contributed by atoms with Gasteiger partial charge in [-0.2, -0.15) is 0 Å². The summed E-state index contributed by atoms with van der Waals surface area (Å²) in [7, 11) is 0. The van der Waals surface area contributed by atoms with Crippen molar-refractivity contribution in [1.82, 2.24) is 9.88 Å². The first-order chi connectivity index (χ1) is 14.6. The van der Waals surface area contributed by atoms with Gasteiger partial charge in [-0.25, -0.2) is 9.37 Å². The minimum absolute atomic E-state index is 0.114. The maximum Gasteiger partial charge on any atom is 0.228 e. The molecule has 0 N–H and O–H groups in total. The molecule has 1 aromatic heterocycles. The van der Waals surface area contributed by atoms with Crippen molar-refractivity contribution in [3.63, 3.8) is 0 Å². The van der Waals surface area contributed by atoms with E-state index in [1.165, 1.54) is 17.7 Å². The van der Waals surface area contributed by atoms with E-state index < -0.39 is 0 Å². The molecule has 2 heterocycles. The highest BCUT2D eigenvalue weighted by Crippen LogP contribution is 2.27. The van der Waals surface area contributed by atoms with E-state index in [0.717, 1.165) is 39.0 Å². The predicted molar refractivity (Wildman–Crippen MR) is 125 cm³/mol. The second kappa shape index (κ2) is 9.94. The third-order valence-corrected chi connectivity index (χ3v) is 7.63. The van der Waals surface area contributed by atoms with Crippen molar-refractivity contribution < 1.29 is 9.18 Å². The Kier molecular flexibility index (Phi) is 7.07. The van der Waals surface area contributed by atoms with Crippen LogP contribution in [-0.4, -0.2) is 42.0 Å². The molecule has 1 aliphatic rings. The van der Waals surface area contributed by atoms with Crippen LogP contribution >= 0.6 is 39.0 Å². The smallest absolute Gasteiger partial charge is 0.228 e. The van der Waals surface area contributed by atoms with Crippen LogP contribution in [0.2, 0.25) is 0 Å². The monoisotopic (exact) mass is 505 g/mol. The number of carbonyl (C=O) groups excluding carboxylic acids is 1. The quantitative estimate of drug-likeness (QED) is 0.429. The van der Waals surface area contributed by atoms with Gasteiger partial charge in [0, 0.05) is 47.5 Å². The molecule has 1 fully saturated rings. The second-order valence-electron chi connectivity index (χ2n) is 7.04. The summed E-state index contributed by atoms with van der Waals surface area (Å²) < 4.78 is 15.2. The molecule has 3 aromatic rings. The van der Waals surface area contributed by atoms with Gasteiger partial charge in [-0.1, -0.05) is 39.8 Å². The standard InChI is InChI=1S/C22H21BrFN3OS2/c23-17-3-1-16(2-4-17)14-29-22-25-19(15-30-22)13-21(28)27-11-9-26(10-12-27)20-7-5-18(24)6-8-20/h1-8,15H,9-14H2. The minimum Gasteiger partial charge on any atom is -0.368 e. The van der Waals surface area contributed by atoms with Crippen LogP contribution in [0.3, 0.4) is 0 Å². The van der Waals surface area contributed by atoms with Crippen molar-refractivity contribution in [2.75, 3.05) is 31.1 Å². The molecule has 0 unspecified atom stereocenters. The lowest BCUT2D eigenvalue weighted by atomic mass is 10.2. The Morgan fingerprint density at radius 2 is 1.77 bits per heavy atom. The fraction of sp³-hybridized carbons (Fsp3) is 0.273. The topological polar surface area (TPSA) is 36.4 Å². The van der Waals surface area contributed by atoms with E-state index in [0.29, 0.717) is 19.5 Å². The molecule has 4 rings (SSSR count). The van der Waals surface area contributed by atoms with Crippen LogP contribution in [0.1, 0.15) is 11.3 Å². The van der Waals surface area contributed by atoms with Crippen molar-refractivity contribution >= 4 is 50.6 Å². The van der Waals surface area contributed by atoms with Gasteiger partial charge in [0.1, 0.15) is 10.2 Å². The molecule has 2 aromatic carbocycles. The van der Waals surface area contributed by atoms with Crippen LogP contribution < -0.4 is 4.90 Å². The molecule has 0 atom stereocenters. The Hall–Kier alpha value is -1.90. The van der Waals surface area contributed by atoms with E-state index in [2.05, 4.69) is 37.9 Å². The number of halogens is 2. The zero-order valence-electron chi connectivity index (χ0n) is 16.3. The van der Waals surface area contributed by atoms with Crippen LogP contribution in [0.25, 0.3) is 0 Å². The summed E-state index contributed by atoms with van der Waals surface area (Å²) >= 11 is 6.74. The molecule has 1 amide bonds. The summed E-state index contributed by atoms with van der Waals surface area (Å²) in [5.74, 6) is 0.744. The lowest BCUT2D eigenvalue weighted by Crippen LogP contribution is -2.49. The van der Waals surface area contributed by atoms with E-state index in [-0.39, 0.29) is 11.7 Å². The van der Waals surface area contributed by atoms with Crippen molar-refractivity contribution in [3.05, 3.63) is 75.5 Å². The van der Waals surface area contributed by atoms with Gasteiger partial charge in [-0.3, -0.25) is 4.79 Å². The van der Waals surface area contributed by atoms with Gasteiger partial charge < -0.3 is 9.80 Å². The Morgan fingerprint density at radius 1 is 1.07 bits per heavy atom. The first-order valence-corrected chi connectivity index (χ1v) is 12.3. The Morgan fingerprint density at radius 3 is 2.47 bits per heavy atom. The number of nitrogens with zero attached hydrogens (tertiary/aromatic N) is 3. The number of aromatic nitrogens is 1. The normalized spacial score (nSPS) is 14.2. The number of rotatable bonds is 6. The molecule has 0 spiro atoms. The molecule has 0 radical (unpaired) electrons. The van der Waals surface area contributed by atoms with Crippen molar-refractivity contribution in [2.24, 2.45) is 0 Å². The average Bonchev–Trinajstić information content (AvgIpc) is 3.21. The number of hydrogen-bond acceptors (Lipinski definition) is 5. The minimum atomic E-state index is -0.231. The highest BCUT2D eigenvalue weighted by molar-refractivity contribution is 9.10. The number of hydrogen-bond donors (Lipinski definition) is 0.